The van der Waals surface area contributed by atoms with E-state index < -0.39 is 11.9 Å². The van der Waals surface area contributed by atoms with Gasteiger partial charge in [-0.1, -0.05) is 119 Å². The zero-order chi connectivity index (χ0) is 43.8. The van der Waals surface area contributed by atoms with Crippen LogP contribution in [0.15, 0.2) is 127 Å². The summed E-state index contributed by atoms with van der Waals surface area (Å²) in [5.41, 5.74) is 17.2. The quantitative estimate of drug-likeness (QED) is 0.104. The summed E-state index contributed by atoms with van der Waals surface area (Å²) in [4.78, 5) is 44.8. The molecule has 0 spiro atoms. The van der Waals surface area contributed by atoms with Crippen molar-refractivity contribution in [3.8, 4) is 44.5 Å². The van der Waals surface area contributed by atoms with Gasteiger partial charge in [0, 0.05) is 55.2 Å². The number of fused-ring (bicyclic) bond motifs is 8. The molecule has 1 aliphatic heterocycles. The zero-order valence-corrected chi connectivity index (χ0v) is 36.3. The highest BCUT2D eigenvalue weighted by atomic mass is 16.6. The lowest BCUT2D eigenvalue weighted by Crippen LogP contribution is -2.26. The summed E-state index contributed by atoms with van der Waals surface area (Å²) in [5.74, 6) is -1.56. The molecule has 0 atom stereocenters. The summed E-state index contributed by atoms with van der Waals surface area (Å²) >= 11 is 0. The molecule has 8 nitrogen and oxygen atoms in total. The third kappa shape index (κ3) is 7.88. The van der Waals surface area contributed by atoms with Crippen LogP contribution in [-0.2, 0) is 19.1 Å². The Morgan fingerprint density at radius 1 is 0.444 bits per heavy atom. The molecule has 0 saturated heterocycles. The third-order valence-electron chi connectivity index (χ3n) is 11.5. The summed E-state index contributed by atoms with van der Waals surface area (Å²) in [5, 5.41) is 0.894. The van der Waals surface area contributed by atoms with E-state index in [4.69, 9.17) is 14.5 Å². The van der Waals surface area contributed by atoms with Crippen LogP contribution in [0.3, 0.4) is 0 Å². The van der Waals surface area contributed by atoms with Gasteiger partial charge in [-0.2, -0.15) is 0 Å². The fraction of sp³-hybridized carbons (Fsp3) is 0.145. The molecule has 0 amide bonds. The molecule has 5 heterocycles. The van der Waals surface area contributed by atoms with Crippen molar-refractivity contribution in [2.24, 2.45) is 0 Å². The second-order valence-electron chi connectivity index (χ2n) is 16.0. The number of nitrogens with zero attached hydrogens (tertiary/aromatic N) is 1. The van der Waals surface area contributed by atoms with Gasteiger partial charge in [-0.3, -0.25) is 0 Å². The zero-order valence-electron chi connectivity index (χ0n) is 36.3. The minimum Gasteiger partial charge on any atom is -0.462 e. The van der Waals surface area contributed by atoms with Crippen molar-refractivity contribution in [3.05, 3.63) is 166 Å². The molecule has 1 aliphatic rings. The highest BCUT2D eigenvalue weighted by Gasteiger charge is 2.26. The fourth-order valence-electron chi connectivity index (χ4n) is 8.37. The molecule has 0 radical (unpaired) electrons. The highest BCUT2D eigenvalue weighted by molar-refractivity contribution is 6.37. The number of nitrogens with one attached hydrogen (secondary N) is 3. The number of aromatic nitrogens is 4. The van der Waals surface area contributed by atoms with Gasteiger partial charge in [0.25, 0.3) is 0 Å². The number of carbonyl (C=O) groups excluding carboxylic acids is 2. The van der Waals surface area contributed by atoms with Crippen molar-refractivity contribution in [2.75, 3.05) is 13.2 Å². The Bertz CT molecular complexity index is 3270. The Labute approximate surface area is 366 Å². The van der Waals surface area contributed by atoms with E-state index in [1.165, 1.54) is 0 Å². The first-order valence-corrected chi connectivity index (χ1v) is 21.4. The van der Waals surface area contributed by atoms with Crippen LogP contribution in [0.25, 0.3) is 95.2 Å². The standard InChI is InChI=1S/C55H48N4O4/c1-7-62-54(60)52(55(61)63-8-2)53-40-31-47(59-53)51(39-23-15-35(6)16-24-39)46-30-29-45(58-46)50(38-21-13-34(5)14-22-38)44-28-27-43(57-44)49(37-19-11-33(4)12-20-37)42-26-25-41(56-42)48(40)36-17-9-32(3)10-18-36/h9-31,56,58-59H,7-8H2,1-6H3. The van der Waals surface area contributed by atoms with E-state index in [1.54, 1.807) is 13.8 Å². The molecule has 0 unspecified atom stereocenters. The van der Waals surface area contributed by atoms with Crippen LogP contribution in [0, 0.1) is 27.7 Å². The van der Waals surface area contributed by atoms with Gasteiger partial charge in [0.05, 0.1) is 30.0 Å². The van der Waals surface area contributed by atoms with E-state index in [-0.39, 0.29) is 24.1 Å². The molecule has 0 fully saturated rings. The number of hydrogen-bond donors (Lipinski definition) is 3. The number of carbonyl (C=O) groups is 2. The summed E-state index contributed by atoms with van der Waals surface area (Å²) in [7, 11) is 0. The van der Waals surface area contributed by atoms with Gasteiger partial charge in [-0.25, -0.2) is 14.6 Å². The number of H-pyrrole nitrogens is 3. The smallest absolute Gasteiger partial charge is 0.347 e. The third-order valence-corrected chi connectivity index (χ3v) is 11.5. The van der Waals surface area contributed by atoms with Gasteiger partial charge in [-0.05, 0) is 106 Å². The summed E-state index contributed by atoms with van der Waals surface area (Å²) in [6.45, 7) is 11.9. The fourth-order valence-corrected chi connectivity index (χ4v) is 8.37. The molecule has 312 valence electrons. The molecule has 4 aromatic carbocycles. The molecular weight excluding hydrogens is 781 g/mol. The predicted octanol–water partition coefficient (Wildman–Crippen LogP) is 12.2. The Morgan fingerprint density at radius 3 is 1.19 bits per heavy atom. The maximum absolute atomic E-state index is 14.1. The number of ether oxygens (including phenoxy) is 2. The molecule has 8 aromatic rings. The summed E-state index contributed by atoms with van der Waals surface area (Å²) in [6.07, 6.45) is 4.19. The molecule has 0 aliphatic carbocycles. The Balaban J connectivity index is 1.58. The van der Waals surface area contributed by atoms with E-state index in [0.717, 1.165) is 100 Å². The average Bonchev–Trinajstić information content (AvgIpc) is 4.12. The van der Waals surface area contributed by atoms with Crippen molar-refractivity contribution < 1.29 is 19.1 Å². The lowest BCUT2D eigenvalue weighted by Gasteiger charge is -2.08. The Morgan fingerprint density at radius 2 is 0.794 bits per heavy atom. The molecular formula is C55H48N4O4. The van der Waals surface area contributed by atoms with Crippen LogP contribution < -0.4 is 5.35 Å². The van der Waals surface area contributed by atoms with Crippen molar-refractivity contribution >= 4 is 62.6 Å². The Hall–Kier alpha value is -7.71. The minimum atomic E-state index is -0.781. The molecule has 8 heteroatoms. The van der Waals surface area contributed by atoms with Crippen LogP contribution >= 0.6 is 0 Å². The van der Waals surface area contributed by atoms with Crippen LogP contribution in [0.1, 0.15) is 47.5 Å². The SMILES string of the molecule is CCOC(=O)C(C(=O)OCC)=c1[nH]c2cc1c(-c1ccc(C)cc1)c1ccc([nH]1)c(-c1ccc(C)cc1)c1nc(c(-c3ccc(C)cc3)c3ccc([nH]3)c2-c2ccc(C)cc2)C=C1. The monoisotopic (exact) mass is 828 g/mol. The second-order valence-corrected chi connectivity index (χ2v) is 16.0. The van der Waals surface area contributed by atoms with Gasteiger partial charge in [0.1, 0.15) is 0 Å². The van der Waals surface area contributed by atoms with Crippen LogP contribution in [0.5, 0.6) is 0 Å². The normalized spacial score (nSPS) is 11.5. The Kier molecular flexibility index (Phi) is 11.0. The van der Waals surface area contributed by atoms with Crippen LogP contribution in [0.2, 0.25) is 0 Å². The molecule has 8 bridgehead atoms. The molecule has 63 heavy (non-hydrogen) atoms. The lowest BCUT2D eigenvalue weighted by atomic mass is 10.00. The predicted molar refractivity (Wildman–Crippen MR) is 257 cm³/mol. The summed E-state index contributed by atoms with van der Waals surface area (Å²) in [6, 6.07) is 43.9. The molecule has 3 N–H and O–H groups in total. The molecule has 0 saturated carbocycles. The van der Waals surface area contributed by atoms with Crippen LogP contribution in [-0.4, -0.2) is 45.1 Å². The maximum Gasteiger partial charge on any atom is 0.347 e. The summed E-state index contributed by atoms with van der Waals surface area (Å²) < 4.78 is 11.2. The van der Waals surface area contributed by atoms with E-state index >= 15 is 0 Å². The molecule has 4 aromatic heterocycles. The van der Waals surface area contributed by atoms with E-state index in [0.29, 0.717) is 10.9 Å². The largest absolute Gasteiger partial charge is 0.462 e. The van der Waals surface area contributed by atoms with Gasteiger partial charge >= 0.3 is 11.9 Å². The van der Waals surface area contributed by atoms with Crippen molar-refractivity contribution in [1.29, 1.82) is 0 Å². The minimum absolute atomic E-state index is 0.0694. The number of esters is 2. The topological polar surface area (TPSA) is 113 Å². The van der Waals surface area contributed by atoms with E-state index in [2.05, 4.69) is 169 Å². The first kappa shape index (κ1) is 40.7. The second kappa shape index (κ2) is 17.0. The van der Waals surface area contributed by atoms with Gasteiger partial charge in [0.15, 0.2) is 5.57 Å². The first-order valence-electron chi connectivity index (χ1n) is 21.4. The number of aryl methyl sites for hydroxylation is 4. The van der Waals surface area contributed by atoms with E-state index in [1.807, 2.05) is 13.0 Å². The van der Waals surface area contributed by atoms with Gasteiger partial charge in [-0.15, -0.1) is 0 Å². The van der Waals surface area contributed by atoms with Crippen molar-refractivity contribution in [3.63, 3.8) is 0 Å². The number of rotatable bonds is 8. The number of aromatic amines is 3. The van der Waals surface area contributed by atoms with Crippen molar-refractivity contribution in [1.82, 2.24) is 19.9 Å². The van der Waals surface area contributed by atoms with Gasteiger partial charge < -0.3 is 24.4 Å². The van der Waals surface area contributed by atoms with E-state index in [9.17, 15) is 9.59 Å². The maximum atomic E-state index is 14.1. The molecule has 9 rings (SSSR count). The highest BCUT2D eigenvalue weighted by Crippen LogP contribution is 2.38. The number of benzene rings is 4. The van der Waals surface area contributed by atoms with Crippen LogP contribution in [0.4, 0.5) is 0 Å². The number of hydrogen-bond acceptors (Lipinski definition) is 5. The van der Waals surface area contributed by atoms with Crippen molar-refractivity contribution in [2.45, 2.75) is 41.5 Å². The average molecular weight is 829 g/mol. The first-order chi connectivity index (χ1) is 30.6. The van der Waals surface area contributed by atoms with Gasteiger partial charge in [0.2, 0.25) is 0 Å². The lowest BCUT2D eigenvalue weighted by molar-refractivity contribution is -0.142.